The van der Waals surface area contributed by atoms with E-state index < -0.39 is 0 Å². The molecule has 3 aromatic rings. The lowest BCUT2D eigenvalue weighted by molar-refractivity contribution is 0.290. The number of nitrogens with two attached hydrogens (primary N) is 2. The highest BCUT2D eigenvalue weighted by Crippen LogP contribution is 2.31. The van der Waals surface area contributed by atoms with E-state index in [1.807, 2.05) is 36.4 Å². The average Bonchev–Trinajstić information content (AvgIpc) is 2.90. The molecule has 3 rings (SSSR count). The van der Waals surface area contributed by atoms with E-state index in [0.717, 1.165) is 40.8 Å². The molecular weight excluding hydrogens is 464 g/mol. The molecule has 36 heavy (non-hydrogen) atoms. The van der Waals surface area contributed by atoms with E-state index >= 15 is 0 Å². The first-order valence-electron chi connectivity index (χ1n) is 13.1. The number of benzene rings is 3. The first kappa shape index (κ1) is 27.8. The molecule has 190 valence electrons. The third kappa shape index (κ3) is 8.42. The van der Waals surface area contributed by atoms with Gasteiger partial charge in [0.05, 0.1) is 6.61 Å². The SMILES string of the molecule is CCCCCCC(CCOc1ccc(C#Cc2ccc(Cl)cc2)cc1C)c1cc(CN)ccc1CN. The highest BCUT2D eigenvalue weighted by atomic mass is 35.5. The van der Waals surface area contributed by atoms with Gasteiger partial charge in [0.2, 0.25) is 0 Å². The predicted molar refractivity (Wildman–Crippen MR) is 152 cm³/mol. The van der Waals surface area contributed by atoms with Crippen LogP contribution in [0.25, 0.3) is 0 Å². The first-order chi connectivity index (χ1) is 17.5. The molecule has 0 aliphatic heterocycles. The van der Waals surface area contributed by atoms with Crippen LogP contribution in [0.5, 0.6) is 5.75 Å². The number of hydrogen-bond donors (Lipinski definition) is 2. The summed E-state index contributed by atoms with van der Waals surface area (Å²) in [6.45, 7) is 6.07. The lowest BCUT2D eigenvalue weighted by atomic mass is 9.86. The van der Waals surface area contributed by atoms with Crippen LogP contribution in [0.15, 0.2) is 60.7 Å². The summed E-state index contributed by atoms with van der Waals surface area (Å²) >= 11 is 5.96. The van der Waals surface area contributed by atoms with Crippen LogP contribution in [0, 0.1) is 18.8 Å². The molecule has 1 unspecified atom stereocenters. The van der Waals surface area contributed by atoms with Crippen molar-refractivity contribution in [3.63, 3.8) is 0 Å². The van der Waals surface area contributed by atoms with Crippen molar-refractivity contribution < 1.29 is 4.74 Å². The van der Waals surface area contributed by atoms with Crippen molar-refractivity contribution in [2.75, 3.05) is 6.61 Å². The minimum absolute atomic E-state index is 0.414. The van der Waals surface area contributed by atoms with Gasteiger partial charge in [-0.25, -0.2) is 0 Å². The van der Waals surface area contributed by atoms with E-state index in [0.29, 0.717) is 30.6 Å². The molecule has 3 aromatic carbocycles. The summed E-state index contributed by atoms with van der Waals surface area (Å²) < 4.78 is 6.26. The van der Waals surface area contributed by atoms with Gasteiger partial charge in [-0.15, -0.1) is 0 Å². The molecule has 0 aromatic heterocycles. The van der Waals surface area contributed by atoms with Crippen molar-refractivity contribution >= 4 is 11.6 Å². The maximum absolute atomic E-state index is 6.26. The highest BCUT2D eigenvalue weighted by Gasteiger charge is 2.16. The van der Waals surface area contributed by atoms with E-state index in [1.165, 1.54) is 36.8 Å². The maximum atomic E-state index is 6.26. The Balaban J connectivity index is 1.67. The molecular formula is C32H39ClN2O. The quantitative estimate of drug-likeness (QED) is 0.199. The van der Waals surface area contributed by atoms with Crippen LogP contribution in [0.4, 0.5) is 0 Å². The molecule has 0 aliphatic carbocycles. The summed E-state index contributed by atoms with van der Waals surface area (Å²) in [6.07, 6.45) is 7.09. The van der Waals surface area contributed by atoms with Gasteiger partial charge < -0.3 is 16.2 Å². The fourth-order valence-corrected chi connectivity index (χ4v) is 4.61. The third-order valence-electron chi connectivity index (χ3n) is 6.61. The Hall–Kier alpha value is -2.77. The van der Waals surface area contributed by atoms with Gasteiger partial charge in [0, 0.05) is 29.2 Å². The smallest absolute Gasteiger partial charge is 0.122 e. The molecule has 0 saturated carbocycles. The van der Waals surface area contributed by atoms with Crippen LogP contribution in [0.3, 0.4) is 0 Å². The summed E-state index contributed by atoms with van der Waals surface area (Å²) in [5, 5.41) is 0.715. The van der Waals surface area contributed by atoms with Crippen LogP contribution in [-0.2, 0) is 13.1 Å². The summed E-state index contributed by atoms with van der Waals surface area (Å²) in [5.74, 6) is 7.74. The Bertz CT molecular complexity index is 1160. The van der Waals surface area contributed by atoms with Crippen molar-refractivity contribution in [2.45, 2.75) is 71.4 Å². The van der Waals surface area contributed by atoms with Crippen molar-refractivity contribution in [1.82, 2.24) is 0 Å². The van der Waals surface area contributed by atoms with E-state index in [-0.39, 0.29) is 0 Å². The van der Waals surface area contributed by atoms with Crippen molar-refractivity contribution in [2.24, 2.45) is 11.5 Å². The zero-order valence-corrected chi connectivity index (χ0v) is 22.4. The molecule has 0 fully saturated rings. The molecule has 0 amide bonds. The summed E-state index contributed by atoms with van der Waals surface area (Å²) in [5.41, 5.74) is 18.8. The van der Waals surface area contributed by atoms with Gasteiger partial charge in [-0.3, -0.25) is 0 Å². The zero-order valence-electron chi connectivity index (χ0n) is 21.7. The number of halogens is 1. The van der Waals surface area contributed by atoms with Gasteiger partial charge in [-0.05, 0) is 90.4 Å². The zero-order chi connectivity index (χ0) is 25.8. The van der Waals surface area contributed by atoms with Gasteiger partial charge in [0.1, 0.15) is 5.75 Å². The van der Waals surface area contributed by atoms with Gasteiger partial charge in [-0.1, -0.05) is 74.2 Å². The second-order valence-corrected chi connectivity index (χ2v) is 9.80. The second kappa shape index (κ2) is 14.7. The Kier molecular flexibility index (Phi) is 11.4. The number of unbranched alkanes of at least 4 members (excludes halogenated alkanes) is 3. The molecule has 0 bridgehead atoms. The van der Waals surface area contributed by atoms with Crippen molar-refractivity contribution in [3.8, 4) is 17.6 Å². The van der Waals surface area contributed by atoms with E-state index in [2.05, 4.69) is 50.0 Å². The summed E-state index contributed by atoms with van der Waals surface area (Å²) in [7, 11) is 0. The summed E-state index contributed by atoms with van der Waals surface area (Å²) in [4.78, 5) is 0. The minimum Gasteiger partial charge on any atom is -0.493 e. The molecule has 4 heteroatoms. The monoisotopic (exact) mass is 502 g/mol. The molecule has 4 N–H and O–H groups in total. The number of ether oxygens (including phenoxy) is 1. The molecule has 0 aliphatic rings. The van der Waals surface area contributed by atoms with Crippen LogP contribution in [-0.4, -0.2) is 6.61 Å². The fraction of sp³-hybridized carbons (Fsp3) is 0.375. The van der Waals surface area contributed by atoms with Crippen LogP contribution >= 0.6 is 11.6 Å². The predicted octanol–water partition coefficient (Wildman–Crippen LogP) is 7.49. The largest absolute Gasteiger partial charge is 0.493 e. The van der Waals surface area contributed by atoms with Gasteiger partial charge in [-0.2, -0.15) is 0 Å². The van der Waals surface area contributed by atoms with Crippen LogP contribution in [0.2, 0.25) is 5.02 Å². The normalized spacial score (nSPS) is 11.6. The molecule has 0 saturated heterocycles. The topological polar surface area (TPSA) is 61.3 Å². The molecule has 3 nitrogen and oxygen atoms in total. The Morgan fingerprint density at radius 1 is 0.833 bits per heavy atom. The Morgan fingerprint density at radius 3 is 2.28 bits per heavy atom. The van der Waals surface area contributed by atoms with Crippen molar-refractivity contribution in [1.29, 1.82) is 0 Å². The lowest BCUT2D eigenvalue weighted by Crippen LogP contribution is -2.12. The van der Waals surface area contributed by atoms with E-state index in [9.17, 15) is 0 Å². The second-order valence-electron chi connectivity index (χ2n) is 9.36. The van der Waals surface area contributed by atoms with Crippen molar-refractivity contribution in [3.05, 3.63) is 99.1 Å². The molecule has 0 spiro atoms. The maximum Gasteiger partial charge on any atom is 0.122 e. The van der Waals surface area contributed by atoms with Crippen LogP contribution < -0.4 is 16.2 Å². The Morgan fingerprint density at radius 2 is 1.58 bits per heavy atom. The average molecular weight is 503 g/mol. The first-order valence-corrected chi connectivity index (χ1v) is 13.4. The van der Waals surface area contributed by atoms with E-state index in [4.69, 9.17) is 27.8 Å². The summed E-state index contributed by atoms with van der Waals surface area (Å²) in [6, 6.07) is 20.2. The molecule has 0 heterocycles. The minimum atomic E-state index is 0.414. The van der Waals surface area contributed by atoms with Gasteiger partial charge in [0.25, 0.3) is 0 Å². The fourth-order valence-electron chi connectivity index (χ4n) is 4.49. The van der Waals surface area contributed by atoms with Crippen LogP contribution in [0.1, 0.15) is 84.7 Å². The number of rotatable bonds is 12. The highest BCUT2D eigenvalue weighted by molar-refractivity contribution is 6.30. The third-order valence-corrected chi connectivity index (χ3v) is 6.86. The molecule has 1 atom stereocenters. The number of hydrogen-bond acceptors (Lipinski definition) is 3. The van der Waals surface area contributed by atoms with Gasteiger partial charge in [0.15, 0.2) is 0 Å². The lowest BCUT2D eigenvalue weighted by Gasteiger charge is -2.22. The van der Waals surface area contributed by atoms with E-state index in [1.54, 1.807) is 0 Å². The number of aryl methyl sites for hydroxylation is 1. The standard InChI is InChI=1S/C32H39ClN2O/c1-3-4-5-6-7-28(31-21-27(22-34)10-14-29(31)23-35)18-19-36-32-17-13-26(20-24(32)2)9-8-25-11-15-30(33)16-12-25/h10-17,20-21,28H,3-7,18-19,22-23,34-35H2,1-2H3. The van der Waals surface area contributed by atoms with Gasteiger partial charge >= 0.3 is 0 Å². The Labute approximate surface area is 222 Å². The molecule has 0 radical (unpaired) electrons.